The summed E-state index contributed by atoms with van der Waals surface area (Å²) in [5, 5.41) is 0. The quantitative estimate of drug-likeness (QED) is 0.605. The van der Waals surface area contributed by atoms with Gasteiger partial charge in [0.2, 0.25) is 0 Å². The van der Waals surface area contributed by atoms with Gasteiger partial charge in [-0.25, -0.2) is 0 Å². The predicted octanol–water partition coefficient (Wildman–Crippen LogP) is 2.50. The van der Waals surface area contributed by atoms with E-state index in [1.54, 1.807) is 6.92 Å². The van der Waals surface area contributed by atoms with Crippen LogP contribution in [0.5, 0.6) is 0 Å². The second-order valence-corrected chi connectivity index (χ2v) is 6.22. The first-order chi connectivity index (χ1) is 8.64. The second-order valence-electron chi connectivity index (χ2n) is 6.22. The van der Waals surface area contributed by atoms with Gasteiger partial charge in [0.05, 0.1) is 11.2 Å². The lowest BCUT2D eigenvalue weighted by Crippen LogP contribution is -2.41. The number of aryl methyl sites for hydroxylation is 1. The Morgan fingerprint density at radius 2 is 1.63 bits per heavy atom. The van der Waals surface area contributed by atoms with Crippen molar-refractivity contribution < 1.29 is 14.1 Å². The topological polar surface area (TPSA) is 35.5 Å². The van der Waals surface area contributed by atoms with Gasteiger partial charge in [-0.3, -0.25) is 4.79 Å². The first-order valence-electron chi connectivity index (χ1n) is 6.61. The molecule has 3 nitrogen and oxygen atoms in total. The van der Waals surface area contributed by atoms with Gasteiger partial charge in [-0.05, 0) is 52.6 Å². The van der Waals surface area contributed by atoms with E-state index in [0.29, 0.717) is 0 Å². The third-order valence-electron chi connectivity index (χ3n) is 4.17. The molecule has 0 unspecified atom stereocenters. The second kappa shape index (κ2) is 4.46. The van der Waals surface area contributed by atoms with Gasteiger partial charge in [0.15, 0.2) is 5.78 Å². The molecular formula is C15H21BO3. The van der Waals surface area contributed by atoms with Crippen LogP contribution in [0.2, 0.25) is 0 Å². The van der Waals surface area contributed by atoms with E-state index in [1.165, 1.54) is 0 Å². The maximum Gasteiger partial charge on any atom is 0.494 e. The Balaban J connectivity index is 2.35. The highest BCUT2D eigenvalue weighted by Gasteiger charge is 2.51. The summed E-state index contributed by atoms with van der Waals surface area (Å²) in [6.07, 6.45) is 0. The fourth-order valence-corrected chi connectivity index (χ4v) is 2.14. The van der Waals surface area contributed by atoms with Gasteiger partial charge in [0.25, 0.3) is 0 Å². The van der Waals surface area contributed by atoms with Crippen molar-refractivity contribution in [2.24, 2.45) is 0 Å². The van der Waals surface area contributed by atoms with Gasteiger partial charge in [-0.1, -0.05) is 18.2 Å². The van der Waals surface area contributed by atoms with Crippen LogP contribution in [0.1, 0.15) is 50.5 Å². The van der Waals surface area contributed by atoms with E-state index in [-0.39, 0.29) is 17.0 Å². The minimum Gasteiger partial charge on any atom is -0.399 e. The molecule has 1 saturated heterocycles. The lowest BCUT2D eigenvalue weighted by molar-refractivity contribution is 0.00578. The van der Waals surface area contributed by atoms with Crippen molar-refractivity contribution in [3.05, 3.63) is 29.3 Å². The first kappa shape index (κ1) is 14.3. The maximum absolute atomic E-state index is 11.6. The minimum absolute atomic E-state index is 0.0656. The molecule has 1 aliphatic heterocycles. The van der Waals surface area contributed by atoms with Crippen LogP contribution in [-0.4, -0.2) is 24.1 Å². The number of carbonyl (C=O) groups excluding carboxylic acids is 1. The summed E-state index contributed by atoms with van der Waals surface area (Å²) >= 11 is 0. The first-order valence-corrected chi connectivity index (χ1v) is 6.61. The van der Waals surface area contributed by atoms with Crippen LogP contribution in [0.4, 0.5) is 0 Å². The lowest BCUT2D eigenvalue weighted by atomic mass is 9.77. The normalized spacial score (nSPS) is 20.6. The molecule has 2 rings (SSSR count). The lowest BCUT2D eigenvalue weighted by Gasteiger charge is -2.32. The number of Topliss-reactive ketones (excluding diaryl/α,β-unsaturated/α-hetero) is 1. The molecule has 1 heterocycles. The zero-order valence-corrected chi connectivity index (χ0v) is 12.5. The van der Waals surface area contributed by atoms with E-state index >= 15 is 0 Å². The van der Waals surface area contributed by atoms with Crippen LogP contribution < -0.4 is 5.46 Å². The average molecular weight is 260 g/mol. The van der Waals surface area contributed by atoms with Crippen LogP contribution in [0.15, 0.2) is 18.2 Å². The zero-order chi connectivity index (χ0) is 14.4. The van der Waals surface area contributed by atoms with E-state index in [2.05, 4.69) is 0 Å². The fraction of sp³-hybridized carbons (Fsp3) is 0.533. The smallest absolute Gasteiger partial charge is 0.399 e. The molecule has 0 N–H and O–H groups in total. The molecule has 4 heteroatoms. The SMILES string of the molecule is CC(=O)c1cc(B2OC(C)(C)C(C)(C)O2)ccc1C. The predicted molar refractivity (Wildman–Crippen MR) is 76.9 cm³/mol. The average Bonchev–Trinajstić information content (AvgIpc) is 2.48. The number of ketones is 1. The Morgan fingerprint density at radius 1 is 1.11 bits per heavy atom. The van der Waals surface area contributed by atoms with Gasteiger partial charge in [0, 0.05) is 5.56 Å². The number of benzene rings is 1. The number of hydrogen-bond donors (Lipinski definition) is 0. The van der Waals surface area contributed by atoms with E-state index < -0.39 is 7.12 Å². The van der Waals surface area contributed by atoms with Crippen molar-refractivity contribution in [1.82, 2.24) is 0 Å². The number of carbonyl (C=O) groups is 1. The van der Waals surface area contributed by atoms with Crippen molar-refractivity contribution in [1.29, 1.82) is 0 Å². The molecule has 0 bridgehead atoms. The molecule has 0 saturated carbocycles. The summed E-state index contributed by atoms with van der Waals surface area (Å²) in [5.74, 6) is 0.0656. The van der Waals surface area contributed by atoms with Gasteiger partial charge < -0.3 is 9.31 Å². The molecule has 0 spiro atoms. The molecule has 102 valence electrons. The van der Waals surface area contributed by atoms with Crippen LogP contribution in [0.3, 0.4) is 0 Å². The van der Waals surface area contributed by atoms with Gasteiger partial charge in [-0.15, -0.1) is 0 Å². The van der Waals surface area contributed by atoms with Crippen molar-refractivity contribution >= 4 is 18.4 Å². The van der Waals surface area contributed by atoms with Crippen LogP contribution >= 0.6 is 0 Å². The third kappa shape index (κ3) is 2.47. The van der Waals surface area contributed by atoms with Gasteiger partial charge >= 0.3 is 7.12 Å². The minimum atomic E-state index is -0.413. The molecule has 0 radical (unpaired) electrons. The Bertz CT molecular complexity index is 504. The number of rotatable bonds is 2. The zero-order valence-electron chi connectivity index (χ0n) is 12.5. The Labute approximate surface area is 115 Å². The Hall–Kier alpha value is -1.13. The summed E-state index contributed by atoms with van der Waals surface area (Å²) in [5.41, 5.74) is 1.88. The van der Waals surface area contributed by atoms with Gasteiger partial charge in [-0.2, -0.15) is 0 Å². The highest BCUT2D eigenvalue weighted by Crippen LogP contribution is 2.36. The maximum atomic E-state index is 11.6. The van der Waals surface area contributed by atoms with E-state index in [9.17, 15) is 4.79 Å². The molecule has 1 aromatic carbocycles. The molecule has 0 aromatic heterocycles. The van der Waals surface area contributed by atoms with Crippen molar-refractivity contribution in [2.75, 3.05) is 0 Å². The molecule has 1 aromatic rings. The monoisotopic (exact) mass is 260 g/mol. The molecule has 0 aliphatic carbocycles. The summed E-state index contributed by atoms with van der Waals surface area (Å²) < 4.78 is 12.0. The molecule has 1 aliphatic rings. The summed E-state index contributed by atoms with van der Waals surface area (Å²) in [4.78, 5) is 11.6. The molecule has 0 atom stereocenters. The van der Waals surface area contributed by atoms with Crippen LogP contribution in [-0.2, 0) is 9.31 Å². The highest BCUT2D eigenvalue weighted by atomic mass is 16.7. The Kier molecular flexibility index (Phi) is 3.35. The largest absolute Gasteiger partial charge is 0.494 e. The van der Waals surface area contributed by atoms with Crippen LogP contribution in [0.25, 0.3) is 0 Å². The number of hydrogen-bond acceptors (Lipinski definition) is 3. The van der Waals surface area contributed by atoms with Crippen molar-refractivity contribution in [2.45, 2.75) is 52.7 Å². The van der Waals surface area contributed by atoms with E-state index in [1.807, 2.05) is 52.8 Å². The molecule has 0 amide bonds. The highest BCUT2D eigenvalue weighted by molar-refractivity contribution is 6.62. The molecular weight excluding hydrogens is 239 g/mol. The third-order valence-corrected chi connectivity index (χ3v) is 4.17. The van der Waals surface area contributed by atoms with Crippen molar-refractivity contribution in [3.63, 3.8) is 0 Å². The van der Waals surface area contributed by atoms with Crippen LogP contribution in [0, 0.1) is 6.92 Å². The fourth-order valence-electron chi connectivity index (χ4n) is 2.14. The standard InChI is InChI=1S/C15H21BO3/c1-10-7-8-12(9-13(10)11(2)17)16-18-14(3,4)15(5,6)19-16/h7-9H,1-6H3. The van der Waals surface area contributed by atoms with E-state index in [4.69, 9.17) is 9.31 Å². The summed E-state index contributed by atoms with van der Waals surface area (Å²) in [7, 11) is -0.413. The van der Waals surface area contributed by atoms with Gasteiger partial charge in [0.1, 0.15) is 0 Å². The molecule has 19 heavy (non-hydrogen) atoms. The Morgan fingerprint density at radius 3 is 2.11 bits per heavy atom. The van der Waals surface area contributed by atoms with Crippen molar-refractivity contribution in [3.8, 4) is 0 Å². The molecule has 1 fully saturated rings. The van der Waals surface area contributed by atoms with E-state index in [0.717, 1.165) is 16.6 Å². The summed E-state index contributed by atoms with van der Waals surface area (Å²) in [6, 6.07) is 5.78. The summed E-state index contributed by atoms with van der Waals surface area (Å²) in [6.45, 7) is 11.6.